The normalized spacial score (nSPS) is 17.6. The number of nitrogens with zero attached hydrogens (tertiary/aromatic N) is 2. The molecule has 0 spiro atoms. The molecule has 0 radical (unpaired) electrons. The average molecular weight is 335 g/mol. The summed E-state index contributed by atoms with van der Waals surface area (Å²) in [4.78, 5) is 19.2. The van der Waals surface area contributed by atoms with Gasteiger partial charge in [-0.25, -0.2) is 0 Å². The van der Waals surface area contributed by atoms with Gasteiger partial charge in [0, 0.05) is 36.9 Å². The molecule has 1 fully saturated rings. The van der Waals surface area contributed by atoms with E-state index in [1.54, 1.807) is 31.5 Å². The van der Waals surface area contributed by atoms with Crippen LogP contribution in [0.4, 0.5) is 0 Å². The van der Waals surface area contributed by atoms with Crippen LogP contribution in [0.2, 0.25) is 5.02 Å². The number of carbonyl (C=O) groups is 1. The number of carbonyl (C=O) groups excluding carboxylic acids is 1. The molecule has 1 aromatic heterocycles. The Kier molecular flexibility index (Phi) is 5.10. The minimum atomic E-state index is -0.0210. The standard InChI is InChI=1S/C17H19ClN2O3/c1-22-9-7-20(13-5-8-23-11-13)17(21)15-4-6-19-16-10-12(18)2-3-14(15)16/h2-4,6,10,13H,5,7-9,11H2,1H3. The smallest absolute Gasteiger partial charge is 0.255 e. The zero-order valence-electron chi connectivity index (χ0n) is 13.0. The number of methoxy groups -OCH3 is 1. The Hall–Kier alpha value is -1.69. The fourth-order valence-electron chi connectivity index (χ4n) is 2.87. The Morgan fingerprint density at radius 1 is 1.48 bits per heavy atom. The van der Waals surface area contributed by atoms with Gasteiger partial charge in [0.15, 0.2) is 0 Å². The molecule has 0 aliphatic carbocycles. The van der Waals surface area contributed by atoms with E-state index < -0.39 is 0 Å². The number of hydrogen-bond acceptors (Lipinski definition) is 4. The maximum Gasteiger partial charge on any atom is 0.255 e. The number of pyridine rings is 1. The van der Waals surface area contributed by atoms with Crippen molar-refractivity contribution in [2.24, 2.45) is 0 Å². The summed E-state index contributed by atoms with van der Waals surface area (Å²) in [5.74, 6) is -0.0210. The molecular weight excluding hydrogens is 316 g/mol. The van der Waals surface area contributed by atoms with Crippen molar-refractivity contribution in [3.8, 4) is 0 Å². The second-order valence-electron chi connectivity index (χ2n) is 5.53. The lowest BCUT2D eigenvalue weighted by Crippen LogP contribution is -2.42. The number of halogens is 1. The van der Waals surface area contributed by atoms with E-state index in [2.05, 4.69) is 4.98 Å². The summed E-state index contributed by atoms with van der Waals surface area (Å²) in [6, 6.07) is 7.24. The molecule has 122 valence electrons. The van der Waals surface area contributed by atoms with Crippen LogP contribution in [0.5, 0.6) is 0 Å². The molecule has 1 amide bonds. The summed E-state index contributed by atoms with van der Waals surface area (Å²) in [6.07, 6.45) is 2.50. The molecule has 6 heteroatoms. The molecule has 1 unspecified atom stereocenters. The first-order valence-electron chi connectivity index (χ1n) is 7.62. The molecule has 5 nitrogen and oxygen atoms in total. The van der Waals surface area contributed by atoms with E-state index in [0.29, 0.717) is 37.0 Å². The van der Waals surface area contributed by atoms with E-state index in [-0.39, 0.29) is 11.9 Å². The minimum absolute atomic E-state index is 0.0210. The number of rotatable bonds is 5. The predicted molar refractivity (Wildman–Crippen MR) is 88.9 cm³/mol. The number of hydrogen-bond donors (Lipinski definition) is 0. The molecule has 0 saturated carbocycles. The van der Waals surface area contributed by atoms with Gasteiger partial charge in [-0.2, -0.15) is 0 Å². The van der Waals surface area contributed by atoms with Crippen LogP contribution < -0.4 is 0 Å². The first-order valence-corrected chi connectivity index (χ1v) is 8.00. The van der Waals surface area contributed by atoms with Gasteiger partial charge < -0.3 is 14.4 Å². The first kappa shape index (κ1) is 16.2. The number of benzene rings is 1. The largest absolute Gasteiger partial charge is 0.383 e. The Labute approximate surface area is 140 Å². The van der Waals surface area contributed by atoms with Crippen molar-refractivity contribution in [1.82, 2.24) is 9.88 Å². The zero-order chi connectivity index (χ0) is 16.2. The summed E-state index contributed by atoms with van der Waals surface area (Å²) in [7, 11) is 1.64. The fourth-order valence-corrected chi connectivity index (χ4v) is 3.04. The van der Waals surface area contributed by atoms with E-state index in [4.69, 9.17) is 21.1 Å². The lowest BCUT2D eigenvalue weighted by molar-refractivity contribution is 0.0577. The maximum absolute atomic E-state index is 13.1. The van der Waals surface area contributed by atoms with Gasteiger partial charge in [0.2, 0.25) is 0 Å². The predicted octanol–water partition coefficient (Wildman–Crippen LogP) is 2.77. The van der Waals surface area contributed by atoms with Gasteiger partial charge in [-0.05, 0) is 24.6 Å². The first-order chi connectivity index (χ1) is 11.2. The van der Waals surface area contributed by atoms with E-state index >= 15 is 0 Å². The van der Waals surface area contributed by atoms with Crippen LogP contribution in [0.25, 0.3) is 10.9 Å². The summed E-state index contributed by atoms with van der Waals surface area (Å²) >= 11 is 6.02. The molecule has 23 heavy (non-hydrogen) atoms. The number of aromatic nitrogens is 1. The summed E-state index contributed by atoms with van der Waals surface area (Å²) < 4.78 is 10.6. The molecule has 1 aliphatic heterocycles. The Bertz CT molecular complexity index is 701. The lowest BCUT2D eigenvalue weighted by atomic mass is 10.1. The highest BCUT2D eigenvalue weighted by molar-refractivity contribution is 6.31. The van der Waals surface area contributed by atoms with E-state index in [1.807, 2.05) is 11.0 Å². The van der Waals surface area contributed by atoms with Crippen LogP contribution >= 0.6 is 11.6 Å². The van der Waals surface area contributed by atoms with Crippen LogP contribution in [-0.4, -0.2) is 55.3 Å². The van der Waals surface area contributed by atoms with Gasteiger partial charge in [-0.1, -0.05) is 17.7 Å². The van der Waals surface area contributed by atoms with Crippen LogP contribution in [0.3, 0.4) is 0 Å². The van der Waals surface area contributed by atoms with Crippen molar-refractivity contribution in [3.05, 3.63) is 41.0 Å². The van der Waals surface area contributed by atoms with Gasteiger partial charge in [0.05, 0.1) is 30.3 Å². The third kappa shape index (κ3) is 3.47. The maximum atomic E-state index is 13.1. The van der Waals surface area contributed by atoms with Gasteiger partial charge in [-0.3, -0.25) is 9.78 Å². The van der Waals surface area contributed by atoms with Gasteiger partial charge in [-0.15, -0.1) is 0 Å². The highest BCUT2D eigenvalue weighted by Gasteiger charge is 2.28. The van der Waals surface area contributed by atoms with Crippen molar-refractivity contribution < 1.29 is 14.3 Å². The van der Waals surface area contributed by atoms with E-state index in [1.165, 1.54) is 0 Å². The summed E-state index contributed by atoms with van der Waals surface area (Å²) in [5.41, 5.74) is 1.35. The fraction of sp³-hybridized carbons (Fsp3) is 0.412. The molecule has 2 aromatic rings. The highest BCUT2D eigenvalue weighted by atomic mass is 35.5. The van der Waals surface area contributed by atoms with Crippen molar-refractivity contribution in [1.29, 1.82) is 0 Å². The van der Waals surface area contributed by atoms with Crippen molar-refractivity contribution in [2.75, 3.05) is 33.5 Å². The molecule has 1 aromatic carbocycles. The number of amides is 1. The van der Waals surface area contributed by atoms with Crippen LogP contribution in [0, 0.1) is 0 Å². The average Bonchev–Trinajstić information content (AvgIpc) is 3.08. The molecule has 0 N–H and O–H groups in total. The molecular formula is C17H19ClN2O3. The third-order valence-electron chi connectivity index (χ3n) is 4.08. The second kappa shape index (κ2) is 7.25. The molecule has 1 saturated heterocycles. The highest BCUT2D eigenvalue weighted by Crippen LogP contribution is 2.23. The van der Waals surface area contributed by atoms with E-state index in [0.717, 1.165) is 17.3 Å². The van der Waals surface area contributed by atoms with Gasteiger partial charge >= 0.3 is 0 Å². The molecule has 3 rings (SSSR count). The Morgan fingerprint density at radius 2 is 2.35 bits per heavy atom. The second-order valence-corrected chi connectivity index (χ2v) is 5.97. The zero-order valence-corrected chi connectivity index (χ0v) is 13.8. The van der Waals surface area contributed by atoms with Gasteiger partial charge in [0.25, 0.3) is 5.91 Å². The SMILES string of the molecule is COCCN(C(=O)c1ccnc2cc(Cl)ccc12)C1CCOC1. The minimum Gasteiger partial charge on any atom is -0.383 e. The summed E-state index contributed by atoms with van der Waals surface area (Å²) in [5, 5.41) is 1.42. The molecule has 1 atom stereocenters. The van der Waals surface area contributed by atoms with Gasteiger partial charge in [0.1, 0.15) is 0 Å². The van der Waals surface area contributed by atoms with Crippen LogP contribution in [0.15, 0.2) is 30.5 Å². The Balaban J connectivity index is 1.95. The molecule has 1 aliphatic rings. The number of ether oxygens (including phenoxy) is 2. The molecule has 0 bridgehead atoms. The Morgan fingerprint density at radius 3 is 3.09 bits per heavy atom. The van der Waals surface area contributed by atoms with E-state index in [9.17, 15) is 4.79 Å². The summed E-state index contributed by atoms with van der Waals surface area (Å²) in [6.45, 7) is 2.30. The molecule has 2 heterocycles. The monoisotopic (exact) mass is 334 g/mol. The number of fused-ring (bicyclic) bond motifs is 1. The van der Waals surface area contributed by atoms with Crippen molar-refractivity contribution >= 4 is 28.4 Å². The third-order valence-corrected chi connectivity index (χ3v) is 4.31. The quantitative estimate of drug-likeness (QED) is 0.843. The van der Waals surface area contributed by atoms with Crippen molar-refractivity contribution in [3.63, 3.8) is 0 Å². The lowest BCUT2D eigenvalue weighted by Gasteiger charge is -2.28. The van der Waals surface area contributed by atoms with Crippen molar-refractivity contribution in [2.45, 2.75) is 12.5 Å². The van der Waals surface area contributed by atoms with Crippen LogP contribution in [0.1, 0.15) is 16.8 Å². The topological polar surface area (TPSA) is 51.7 Å². The van der Waals surface area contributed by atoms with Crippen LogP contribution in [-0.2, 0) is 9.47 Å².